The number of para-hydroxylation sites is 1. The summed E-state index contributed by atoms with van der Waals surface area (Å²) in [7, 11) is 4.11. The minimum Gasteiger partial charge on any atom is -0.317 e. The lowest BCUT2D eigenvalue weighted by atomic mass is 9.99. The molecule has 3 heteroatoms. The summed E-state index contributed by atoms with van der Waals surface area (Å²) in [5.74, 6) is 0.792. The van der Waals surface area contributed by atoms with Crippen LogP contribution in [0.3, 0.4) is 0 Å². The van der Waals surface area contributed by atoms with Gasteiger partial charge in [0.1, 0.15) is 0 Å². The molecule has 2 unspecified atom stereocenters. The molecule has 2 aromatic rings. The number of fused-ring (bicyclic) bond motifs is 1. The molecule has 1 aromatic carbocycles. The zero-order chi connectivity index (χ0) is 12.5. The van der Waals surface area contributed by atoms with Crippen molar-refractivity contribution in [1.29, 1.82) is 0 Å². The average Bonchev–Trinajstić information content (AvgIpc) is 2.97. The molecule has 1 aliphatic carbocycles. The van der Waals surface area contributed by atoms with Crippen molar-refractivity contribution in [3.63, 3.8) is 0 Å². The number of hydrogen-bond donors (Lipinski definition) is 1. The smallest absolute Gasteiger partial charge is 0.0706 e. The first-order valence-electron chi connectivity index (χ1n) is 6.86. The van der Waals surface area contributed by atoms with Gasteiger partial charge < -0.3 is 5.32 Å². The molecule has 0 aliphatic heterocycles. The third kappa shape index (κ3) is 2.03. The molecule has 1 N–H and O–H groups in total. The van der Waals surface area contributed by atoms with Crippen LogP contribution in [0.4, 0.5) is 0 Å². The van der Waals surface area contributed by atoms with Gasteiger partial charge >= 0.3 is 0 Å². The molecule has 0 radical (unpaired) electrons. The predicted octanol–water partition coefficient (Wildman–Crippen LogP) is 2.50. The molecule has 0 saturated heterocycles. The third-order valence-corrected chi connectivity index (χ3v) is 4.27. The number of hydrogen-bond acceptors (Lipinski definition) is 2. The van der Waals surface area contributed by atoms with Gasteiger partial charge in [0, 0.05) is 18.5 Å². The SMILES string of the molecule is CNC1CCC(Cc2nn(C)c3ccccc23)C1. The number of nitrogens with zero attached hydrogens (tertiary/aromatic N) is 2. The van der Waals surface area contributed by atoms with E-state index in [1.54, 1.807) is 0 Å². The molecule has 1 fully saturated rings. The Hall–Kier alpha value is -1.35. The Morgan fingerprint density at radius 2 is 2.17 bits per heavy atom. The van der Waals surface area contributed by atoms with E-state index in [0.717, 1.165) is 12.3 Å². The first-order valence-corrected chi connectivity index (χ1v) is 6.86. The topological polar surface area (TPSA) is 29.9 Å². The van der Waals surface area contributed by atoms with E-state index in [0.29, 0.717) is 6.04 Å². The van der Waals surface area contributed by atoms with Crippen molar-refractivity contribution in [2.24, 2.45) is 13.0 Å². The second-order valence-electron chi connectivity index (χ2n) is 5.46. The van der Waals surface area contributed by atoms with Crippen molar-refractivity contribution in [3.8, 4) is 0 Å². The highest BCUT2D eigenvalue weighted by Crippen LogP contribution is 2.30. The molecule has 1 heterocycles. The zero-order valence-electron chi connectivity index (χ0n) is 11.2. The standard InChI is InChI=1S/C15H21N3/c1-16-12-8-7-11(9-12)10-14-13-5-3-4-6-15(13)18(2)17-14/h3-6,11-12,16H,7-10H2,1-2H3. The molecule has 0 spiro atoms. The Kier molecular flexibility index (Phi) is 3.08. The molecule has 1 aliphatic rings. The van der Waals surface area contributed by atoms with Crippen LogP contribution < -0.4 is 5.32 Å². The number of rotatable bonds is 3. The normalized spacial score (nSPS) is 23.9. The summed E-state index contributed by atoms with van der Waals surface area (Å²) >= 11 is 0. The molecule has 0 amide bonds. The highest BCUT2D eigenvalue weighted by Gasteiger charge is 2.24. The molecular formula is C15H21N3. The summed E-state index contributed by atoms with van der Waals surface area (Å²) in [6.45, 7) is 0. The van der Waals surface area contributed by atoms with E-state index in [1.165, 1.54) is 35.9 Å². The van der Waals surface area contributed by atoms with Crippen LogP contribution in [0.5, 0.6) is 0 Å². The molecule has 18 heavy (non-hydrogen) atoms. The zero-order valence-corrected chi connectivity index (χ0v) is 11.2. The predicted molar refractivity (Wildman–Crippen MR) is 74.6 cm³/mol. The summed E-state index contributed by atoms with van der Waals surface area (Å²) < 4.78 is 2.01. The second kappa shape index (κ2) is 4.73. The Morgan fingerprint density at radius 3 is 2.94 bits per heavy atom. The van der Waals surface area contributed by atoms with E-state index in [4.69, 9.17) is 5.10 Å². The monoisotopic (exact) mass is 243 g/mol. The highest BCUT2D eigenvalue weighted by atomic mass is 15.3. The maximum Gasteiger partial charge on any atom is 0.0706 e. The van der Waals surface area contributed by atoms with E-state index in [-0.39, 0.29) is 0 Å². The fourth-order valence-electron chi connectivity index (χ4n) is 3.24. The number of aryl methyl sites for hydroxylation is 1. The Morgan fingerprint density at radius 1 is 1.33 bits per heavy atom. The summed E-state index contributed by atoms with van der Waals surface area (Å²) in [5.41, 5.74) is 2.52. The molecule has 1 aromatic heterocycles. The Labute approximate surface area is 108 Å². The minimum absolute atomic E-state index is 0.713. The van der Waals surface area contributed by atoms with Crippen molar-refractivity contribution >= 4 is 10.9 Å². The van der Waals surface area contributed by atoms with Gasteiger partial charge in [0.15, 0.2) is 0 Å². The van der Waals surface area contributed by atoms with Crippen molar-refractivity contribution in [3.05, 3.63) is 30.0 Å². The Balaban J connectivity index is 1.83. The summed E-state index contributed by atoms with van der Waals surface area (Å²) in [5, 5.41) is 9.42. The Bertz CT molecular complexity index is 544. The summed E-state index contributed by atoms with van der Waals surface area (Å²) in [4.78, 5) is 0. The fourth-order valence-corrected chi connectivity index (χ4v) is 3.24. The summed E-state index contributed by atoms with van der Waals surface area (Å²) in [6, 6.07) is 9.25. The summed E-state index contributed by atoms with van der Waals surface area (Å²) in [6.07, 6.45) is 5.06. The van der Waals surface area contributed by atoms with Crippen molar-refractivity contribution in [2.45, 2.75) is 31.7 Å². The van der Waals surface area contributed by atoms with Gasteiger partial charge in [-0.25, -0.2) is 0 Å². The largest absolute Gasteiger partial charge is 0.317 e. The van der Waals surface area contributed by atoms with Crippen molar-refractivity contribution in [1.82, 2.24) is 15.1 Å². The number of benzene rings is 1. The lowest BCUT2D eigenvalue weighted by Gasteiger charge is -2.09. The van der Waals surface area contributed by atoms with Gasteiger partial charge in [-0.3, -0.25) is 4.68 Å². The molecule has 0 bridgehead atoms. The van der Waals surface area contributed by atoms with E-state index >= 15 is 0 Å². The van der Waals surface area contributed by atoms with E-state index < -0.39 is 0 Å². The van der Waals surface area contributed by atoms with Gasteiger partial charge in [-0.05, 0) is 44.7 Å². The van der Waals surface area contributed by atoms with Gasteiger partial charge in [-0.15, -0.1) is 0 Å². The molecular weight excluding hydrogens is 222 g/mol. The number of nitrogens with one attached hydrogen (secondary N) is 1. The quantitative estimate of drug-likeness (QED) is 0.897. The fraction of sp³-hybridized carbons (Fsp3) is 0.533. The first kappa shape index (κ1) is 11.7. The lowest BCUT2D eigenvalue weighted by Crippen LogP contribution is -2.21. The first-order chi connectivity index (χ1) is 8.78. The van der Waals surface area contributed by atoms with Gasteiger partial charge in [0.2, 0.25) is 0 Å². The van der Waals surface area contributed by atoms with Crippen LogP contribution in [-0.4, -0.2) is 22.9 Å². The third-order valence-electron chi connectivity index (χ3n) is 4.27. The van der Waals surface area contributed by atoms with Gasteiger partial charge in [-0.1, -0.05) is 18.2 Å². The molecule has 2 atom stereocenters. The second-order valence-corrected chi connectivity index (χ2v) is 5.46. The van der Waals surface area contributed by atoms with Gasteiger partial charge in [-0.2, -0.15) is 5.10 Å². The van der Waals surface area contributed by atoms with Crippen LogP contribution in [0.15, 0.2) is 24.3 Å². The van der Waals surface area contributed by atoms with Crippen LogP contribution in [0, 0.1) is 5.92 Å². The van der Waals surface area contributed by atoms with E-state index in [1.807, 2.05) is 11.7 Å². The maximum absolute atomic E-state index is 4.70. The van der Waals surface area contributed by atoms with Gasteiger partial charge in [0.25, 0.3) is 0 Å². The van der Waals surface area contributed by atoms with E-state index in [2.05, 4.69) is 36.6 Å². The number of aromatic nitrogens is 2. The van der Waals surface area contributed by atoms with Gasteiger partial charge in [0.05, 0.1) is 11.2 Å². The van der Waals surface area contributed by atoms with Crippen LogP contribution in [-0.2, 0) is 13.5 Å². The molecule has 3 nitrogen and oxygen atoms in total. The van der Waals surface area contributed by atoms with Crippen molar-refractivity contribution < 1.29 is 0 Å². The van der Waals surface area contributed by atoms with Crippen LogP contribution in [0.25, 0.3) is 10.9 Å². The average molecular weight is 243 g/mol. The van der Waals surface area contributed by atoms with E-state index in [9.17, 15) is 0 Å². The van der Waals surface area contributed by atoms with Crippen molar-refractivity contribution in [2.75, 3.05) is 7.05 Å². The lowest BCUT2D eigenvalue weighted by molar-refractivity contribution is 0.503. The maximum atomic E-state index is 4.70. The minimum atomic E-state index is 0.713. The highest BCUT2D eigenvalue weighted by molar-refractivity contribution is 5.81. The molecule has 3 rings (SSSR count). The molecule has 1 saturated carbocycles. The molecule has 96 valence electrons. The van der Waals surface area contributed by atoms with Crippen LogP contribution in [0.1, 0.15) is 25.0 Å². The van der Waals surface area contributed by atoms with Crippen LogP contribution >= 0.6 is 0 Å². The van der Waals surface area contributed by atoms with Crippen LogP contribution in [0.2, 0.25) is 0 Å².